The van der Waals surface area contributed by atoms with Crippen molar-refractivity contribution in [3.63, 3.8) is 0 Å². The molecule has 1 aromatic heterocycles. The van der Waals surface area contributed by atoms with E-state index in [1.54, 1.807) is 12.3 Å². The Balaban J connectivity index is 1.65. The molecule has 134 valence electrons. The summed E-state index contributed by atoms with van der Waals surface area (Å²) in [5, 5.41) is 3.75. The van der Waals surface area contributed by atoms with E-state index in [0.29, 0.717) is 0 Å². The largest absolute Gasteiger partial charge is 0.444 e. The van der Waals surface area contributed by atoms with Gasteiger partial charge in [-0.15, -0.1) is 0 Å². The number of ether oxygens (including phenoxy) is 1. The van der Waals surface area contributed by atoms with Crippen molar-refractivity contribution in [2.75, 3.05) is 18.0 Å². The summed E-state index contributed by atoms with van der Waals surface area (Å²) in [6.07, 6.45) is 3.01. The van der Waals surface area contributed by atoms with Crippen LogP contribution in [0.1, 0.15) is 33.6 Å². The van der Waals surface area contributed by atoms with E-state index in [0.717, 1.165) is 42.5 Å². The normalized spacial score (nSPS) is 16.1. The summed E-state index contributed by atoms with van der Waals surface area (Å²) in [7, 11) is 0. The molecule has 25 heavy (non-hydrogen) atoms. The second kappa shape index (κ2) is 6.86. The maximum absolute atomic E-state index is 13.6. The lowest BCUT2D eigenvalue weighted by atomic mass is 10.0. The fourth-order valence-corrected chi connectivity index (χ4v) is 3.12. The average Bonchev–Trinajstić information content (AvgIpc) is 2.53. The molecule has 1 aliphatic rings. The molecule has 2 aromatic rings. The second-order valence-electron chi connectivity index (χ2n) is 7.40. The van der Waals surface area contributed by atoms with Crippen LogP contribution in [0.4, 0.5) is 14.9 Å². The summed E-state index contributed by atoms with van der Waals surface area (Å²) < 4.78 is 18.9. The van der Waals surface area contributed by atoms with Gasteiger partial charge in [-0.1, -0.05) is 0 Å². The summed E-state index contributed by atoms with van der Waals surface area (Å²) in [5.74, 6) is -0.261. The zero-order valence-electron chi connectivity index (χ0n) is 14.9. The van der Waals surface area contributed by atoms with Crippen molar-refractivity contribution in [2.24, 2.45) is 0 Å². The lowest BCUT2D eigenvalue weighted by Gasteiger charge is -2.34. The smallest absolute Gasteiger partial charge is 0.407 e. The van der Waals surface area contributed by atoms with Gasteiger partial charge in [0.05, 0.1) is 5.52 Å². The van der Waals surface area contributed by atoms with Crippen molar-refractivity contribution in [1.82, 2.24) is 10.3 Å². The number of anilines is 1. The number of halogens is 1. The molecule has 1 aromatic carbocycles. The topological polar surface area (TPSA) is 54.5 Å². The van der Waals surface area contributed by atoms with Gasteiger partial charge >= 0.3 is 6.09 Å². The molecule has 1 amide bonds. The van der Waals surface area contributed by atoms with Gasteiger partial charge in [-0.05, 0) is 57.9 Å². The third-order valence-corrected chi connectivity index (χ3v) is 4.24. The zero-order valence-corrected chi connectivity index (χ0v) is 14.9. The highest BCUT2D eigenvalue weighted by atomic mass is 19.1. The van der Waals surface area contributed by atoms with Gasteiger partial charge in [-0.3, -0.25) is 4.98 Å². The van der Waals surface area contributed by atoms with Crippen LogP contribution in [0.5, 0.6) is 0 Å². The number of rotatable bonds is 2. The number of hydrogen-bond donors (Lipinski definition) is 1. The molecule has 5 nitrogen and oxygen atoms in total. The molecule has 0 radical (unpaired) electrons. The minimum Gasteiger partial charge on any atom is -0.444 e. The third kappa shape index (κ3) is 4.38. The number of alkyl carbamates (subject to hydrolysis) is 1. The number of nitrogens with zero attached hydrogens (tertiary/aromatic N) is 2. The van der Waals surface area contributed by atoms with Crippen LogP contribution in [0.2, 0.25) is 0 Å². The SMILES string of the molecule is CC(C)(C)OC(=O)NC1CCN(c2ccnc3ccc(F)cc23)CC1. The zero-order chi connectivity index (χ0) is 18.0. The lowest BCUT2D eigenvalue weighted by molar-refractivity contribution is 0.0497. The van der Waals surface area contributed by atoms with E-state index in [9.17, 15) is 9.18 Å². The van der Waals surface area contributed by atoms with Crippen LogP contribution >= 0.6 is 0 Å². The molecule has 1 aliphatic heterocycles. The van der Waals surface area contributed by atoms with Crippen molar-refractivity contribution in [3.8, 4) is 0 Å². The number of aromatic nitrogens is 1. The van der Waals surface area contributed by atoms with Gasteiger partial charge in [0.1, 0.15) is 11.4 Å². The standard InChI is InChI=1S/C19H24FN3O2/c1-19(2,3)25-18(24)22-14-7-10-23(11-8-14)17-6-9-21-16-5-4-13(20)12-15(16)17/h4-6,9,12,14H,7-8,10-11H2,1-3H3,(H,22,24). The fourth-order valence-electron chi connectivity index (χ4n) is 3.12. The highest BCUT2D eigenvalue weighted by Gasteiger charge is 2.24. The molecule has 3 rings (SSSR count). The van der Waals surface area contributed by atoms with Crippen LogP contribution in [0.25, 0.3) is 10.9 Å². The molecular weight excluding hydrogens is 321 g/mol. The van der Waals surface area contributed by atoms with Crippen LogP contribution in [0.15, 0.2) is 30.5 Å². The number of pyridine rings is 1. The van der Waals surface area contributed by atoms with Gasteiger partial charge in [-0.2, -0.15) is 0 Å². The first kappa shape index (κ1) is 17.5. The number of amides is 1. The Morgan fingerprint density at radius 3 is 2.68 bits per heavy atom. The monoisotopic (exact) mass is 345 g/mol. The lowest BCUT2D eigenvalue weighted by Crippen LogP contribution is -2.46. The number of hydrogen-bond acceptors (Lipinski definition) is 4. The quantitative estimate of drug-likeness (QED) is 0.898. The van der Waals surface area contributed by atoms with Crippen LogP contribution in [-0.4, -0.2) is 35.8 Å². The molecule has 0 atom stereocenters. The van der Waals surface area contributed by atoms with E-state index in [-0.39, 0.29) is 18.0 Å². The summed E-state index contributed by atoms with van der Waals surface area (Å²) in [4.78, 5) is 18.4. The predicted molar refractivity (Wildman–Crippen MR) is 96.3 cm³/mol. The van der Waals surface area contributed by atoms with Crippen LogP contribution in [0.3, 0.4) is 0 Å². The Labute approximate surface area is 147 Å². The highest BCUT2D eigenvalue weighted by Crippen LogP contribution is 2.28. The van der Waals surface area contributed by atoms with Gasteiger partial charge in [0.25, 0.3) is 0 Å². The first-order valence-electron chi connectivity index (χ1n) is 8.60. The van der Waals surface area contributed by atoms with E-state index < -0.39 is 5.60 Å². The van der Waals surface area contributed by atoms with Crippen LogP contribution in [-0.2, 0) is 4.74 Å². The van der Waals surface area contributed by atoms with Crippen molar-refractivity contribution < 1.29 is 13.9 Å². The van der Waals surface area contributed by atoms with Crippen molar-refractivity contribution in [1.29, 1.82) is 0 Å². The minimum absolute atomic E-state index is 0.0935. The Morgan fingerprint density at radius 2 is 2.00 bits per heavy atom. The summed E-state index contributed by atoms with van der Waals surface area (Å²) in [6, 6.07) is 6.67. The highest BCUT2D eigenvalue weighted by molar-refractivity contribution is 5.91. The Kier molecular flexibility index (Phi) is 4.79. The first-order valence-corrected chi connectivity index (χ1v) is 8.60. The first-order chi connectivity index (χ1) is 11.8. The third-order valence-electron chi connectivity index (χ3n) is 4.24. The van der Waals surface area contributed by atoms with Crippen LogP contribution in [0, 0.1) is 5.82 Å². The Morgan fingerprint density at radius 1 is 1.28 bits per heavy atom. The van der Waals surface area contributed by atoms with E-state index in [1.807, 2.05) is 26.8 Å². The van der Waals surface area contributed by atoms with Gasteiger partial charge in [0, 0.05) is 36.4 Å². The molecule has 0 aliphatic carbocycles. The van der Waals surface area contributed by atoms with Crippen LogP contribution < -0.4 is 10.2 Å². The minimum atomic E-state index is -0.495. The molecular formula is C19H24FN3O2. The number of piperidine rings is 1. The maximum Gasteiger partial charge on any atom is 0.407 e. The van der Waals surface area contributed by atoms with E-state index >= 15 is 0 Å². The molecule has 1 N–H and O–H groups in total. The summed E-state index contributed by atoms with van der Waals surface area (Å²) in [5.41, 5.74) is 1.28. The number of benzene rings is 1. The molecule has 0 unspecified atom stereocenters. The van der Waals surface area contributed by atoms with Crippen molar-refractivity contribution in [3.05, 3.63) is 36.3 Å². The fraction of sp³-hybridized carbons (Fsp3) is 0.474. The molecule has 1 saturated heterocycles. The molecule has 0 bridgehead atoms. The summed E-state index contributed by atoms with van der Waals surface area (Å²) in [6.45, 7) is 7.13. The van der Waals surface area contributed by atoms with Gasteiger partial charge in [0.2, 0.25) is 0 Å². The van der Waals surface area contributed by atoms with E-state index in [2.05, 4.69) is 15.2 Å². The Bertz CT molecular complexity index is 765. The number of fused-ring (bicyclic) bond motifs is 1. The van der Waals surface area contributed by atoms with Crippen molar-refractivity contribution in [2.45, 2.75) is 45.3 Å². The molecule has 2 heterocycles. The number of carbonyl (C=O) groups is 1. The number of nitrogens with one attached hydrogen (secondary N) is 1. The van der Waals surface area contributed by atoms with E-state index in [1.165, 1.54) is 12.1 Å². The molecule has 0 saturated carbocycles. The van der Waals surface area contributed by atoms with Crippen molar-refractivity contribution >= 4 is 22.7 Å². The van der Waals surface area contributed by atoms with Gasteiger partial charge in [0.15, 0.2) is 0 Å². The summed E-state index contributed by atoms with van der Waals surface area (Å²) >= 11 is 0. The van der Waals surface area contributed by atoms with E-state index in [4.69, 9.17) is 4.74 Å². The molecule has 1 fully saturated rings. The predicted octanol–water partition coefficient (Wildman–Crippen LogP) is 3.87. The maximum atomic E-state index is 13.6. The Hall–Kier alpha value is -2.37. The van der Waals surface area contributed by atoms with Gasteiger partial charge < -0.3 is 15.0 Å². The average molecular weight is 345 g/mol. The molecule has 0 spiro atoms. The second-order valence-corrected chi connectivity index (χ2v) is 7.40. The molecule has 6 heteroatoms. The number of carbonyl (C=O) groups excluding carboxylic acids is 1. The van der Waals surface area contributed by atoms with Gasteiger partial charge in [-0.25, -0.2) is 9.18 Å².